The van der Waals surface area contributed by atoms with Gasteiger partial charge in [-0.1, -0.05) is 25.5 Å². The molecule has 0 spiro atoms. The zero-order chi connectivity index (χ0) is 19.4. The van der Waals surface area contributed by atoms with Crippen molar-refractivity contribution in [2.24, 2.45) is 16.9 Å². The molecule has 2 aliphatic rings. The second-order valence-electron chi connectivity index (χ2n) is 7.52. The molecule has 1 aromatic carbocycles. The average molecular weight is 372 g/mol. The predicted octanol–water partition coefficient (Wildman–Crippen LogP) is 3.36. The molecule has 4 atom stereocenters. The van der Waals surface area contributed by atoms with E-state index in [2.05, 4.69) is 12.0 Å². The van der Waals surface area contributed by atoms with E-state index in [9.17, 15) is 9.59 Å². The van der Waals surface area contributed by atoms with Gasteiger partial charge >= 0.3 is 5.97 Å². The highest BCUT2D eigenvalue weighted by Gasteiger charge is 2.48. The number of hydrazone groups is 1. The number of carbonyl (C=O) groups is 2. The number of hydrogen-bond acceptors (Lipinski definition) is 4. The monoisotopic (exact) mass is 372 g/mol. The maximum Gasteiger partial charge on any atom is 0.335 e. The maximum absolute atomic E-state index is 12.1. The number of unbranched alkanes of at least 4 members (excludes halogenated alkanes) is 1. The summed E-state index contributed by atoms with van der Waals surface area (Å²) in [4.78, 5) is 23.1. The van der Waals surface area contributed by atoms with Crippen molar-refractivity contribution >= 4 is 18.1 Å². The van der Waals surface area contributed by atoms with Gasteiger partial charge in [0.15, 0.2) is 0 Å². The van der Waals surface area contributed by atoms with Crippen LogP contribution in [0.25, 0.3) is 0 Å². The Hall–Kier alpha value is -2.21. The van der Waals surface area contributed by atoms with Gasteiger partial charge in [-0.2, -0.15) is 5.10 Å². The molecule has 2 aliphatic heterocycles. The molecule has 0 aliphatic carbocycles. The van der Waals surface area contributed by atoms with Crippen molar-refractivity contribution < 1.29 is 19.4 Å². The summed E-state index contributed by atoms with van der Waals surface area (Å²) >= 11 is 0. The fourth-order valence-corrected chi connectivity index (χ4v) is 4.07. The molecule has 1 amide bonds. The molecule has 2 fully saturated rings. The highest BCUT2D eigenvalue weighted by Crippen LogP contribution is 2.44. The molecular formula is C21H28N2O4. The summed E-state index contributed by atoms with van der Waals surface area (Å²) in [6.07, 6.45) is 7.58. The van der Waals surface area contributed by atoms with Crippen LogP contribution < -0.4 is 0 Å². The summed E-state index contributed by atoms with van der Waals surface area (Å²) in [5.74, 6) is -0.379. The van der Waals surface area contributed by atoms with Gasteiger partial charge in [-0.3, -0.25) is 4.79 Å². The second kappa shape index (κ2) is 8.65. The summed E-state index contributed by atoms with van der Waals surface area (Å²) < 4.78 is 6.10. The molecule has 1 N–H and O–H groups in total. The molecule has 6 heteroatoms. The van der Waals surface area contributed by atoms with Gasteiger partial charge < -0.3 is 9.84 Å². The first-order valence-corrected chi connectivity index (χ1v) is 9.78. The van der Waals surface area contributed by atoms with E-state index in [1.165, 1.54) is 5.01 Å². The summed E-state index contributed by atoms with van der Waals surface area (Å²) in [6, 6.07) is 7.05. The van der Waals surface area contributed by atoms with Gasteiger partial charge in [-0.25, -0.2) is 9.80 Å². The van der Waals surface area contributed by atoms with E-state index in [-0.39, 0.29) is 24.0 Å². The zero-order valence-corrected chi connectivity index (χ0v) is 16.0. The molecule has 0 unspecified atom stereocenters. The van der Waals surface area contributed by atoms with Crippen molar-refractivity contribution in [1.82, 2.24) is 5.01 Å². The molecule has 0 aromatic heterocycles. The van der Waals surface area contributed by atoms with Crippen molar-refractivity contribution in [3.05, 3.63) is 35.4 Å². The number of carboxylic acid groups (broad SMARTS) is 1. The average Bonchev–Trinajstić information content (AvgIpc) is 3.26. The van der Waals surface area contributed by atoms with Crippen LogP contribution in [-0.4, -0.2) is 47.5 Å². The summed E-state index contributed by atoms with van der Waals surface area (Å²) in [5, 5.41) is 14.9. The lowest BCUT2D eigenvalue weighted by Crippen LogP contribution is -2.31. The Kier molecular flexibility index (Phi) is 6.26. The third-order valence-corrected chi connectivity index (χ3v) is 5.68. The van der Waals surface area contributed by atoms with Gasteiger partial charge in [-0.05, 0) is 49.3 Å². The van der Waals surface area contributed by atoms with Gasteiger partial charge in [0.05, 0.1) is 17.8 Å². The molecular weight excluding hydrogens is 344 g/mol. The van der Waals surface area contributed by atoms with E-state index in [1.54, 1.807) is 19.2 Å². The molecule has 1 aromatic rings. The Morgan fingerprint density at radius 2 is 1.96 bits per heavy atom. The standard InChI is InChI=1S/C21H28N2O4/c1-3-4-5-20(24)23(2)22-13-17-16(18-10-11-19(17)27-18)12-14-6-8-15(9-7-14)21(25)26/h6-9,13,16-19H,3-5,10-12H2,1-2H3,(H,25,26)/t16-,17+,18-,19+/m1/s1. The van der Waals surface area contributed by atoms with Crippen molar-refractivity contribution in [3.63, 3.8) is 0 Å². The third kappa shape index (κ3) is 4.56. The van der Waals surface area contributed by atoms with Gasteiger partial charge in [-0.15, -0.1) is 0 Å². The van der Waals surface area contributed by atoms with E-state index in [0.717, 1.165) is 37.7 Å². The van der Waals surface area contributed by atoms with Gasteiger partial charge in [0.25, 0.3) is 0 Å². The highest BCUT2D eigenvalue weighted by atomic mass is 16.5. The largest absolute Gasteiger partial charge is 0.478 e. The molecule has 27 heavy (non-hydrogen) atoms. The molecule has 2 heterocycles. The number of carboxylic acids is 1. The van der Waals surface area contributed by atoms with Crippen LogP contribution in [0.5, 0.6) is 0 Å². The van der Waals surface area contributed by atoms with Crippen LogP contribution in [-0.2, 0) is 16.0 Å². The number of fused-ring (bicyclic) bond motifs is 2. The molecule has 3 rings (SSSR count). The fourth-order valence-electron chi connectivity index (χ4n) is 4.07. The first kappa shape index (κ1) is 19.5. The van der Waals surface area contributed by atoms with Crippen molar-refractivity contribution in [3.8, 4) is 0 Å². The molecule has 0 saturated carbocycles. The van der Waals surface area contributed by atoms with Gasteiger partial charge in [0.1, 0.15) is 0 Å². The first-order chi connectivity index (χ1) is 13.0. The number of aromatic carboxylic acids is 1. The Morgan fingerprint density at radius 1 is 1.26 bits per heavy atom. The van der Waals surface area contributed by atoms with E-state index >= 15 is 0 Å². The summed E-state index contributed by atoms with van der Waals surface area (Å²) in [7, 11) is 1.71. The number of rotatable bonds is 8. The van der Waals surface area contributed by atoms with E-state index in [4.69, 9.17) is 9.84 Å². The summed E-state index contributed by atoms with van der Waals surface area (Å²) in [6.45, 7) is 2.07. The molecule has 146 valence electrons. The molecule has 2 saturated heterocycles. The number of ether oxygens (including phenoxy) is 1. The zero-order valence-electron chi connectivity index (χ0n) is 16.0. The van der Waals surface area contributed by atoms with Gasteiger partial charge in [0, 0.05) is 25.6 Å². The smallest absolute Gasteiger partial charge is 0.335 e. The Labute approximate surface area is 160 Å². The fraction of sp³-hybridized carbons (Fsp3) is 0.571. The van der Waals surface area contributed by atoms with Crippen LogP contribution in [0.4, 0.5) is 0 Å². The molecule has 2 bridgehead atoms. The minimum Gasteiger partial charge on any atom is -0.478 e. The number of hydrogen-bond donors (Lipinski definition) is 1. The van der Waals surface area contributed by atoms with Crippen LogP contribution in [0.2, 0.25) is 0 Å². The van der Waals surface area contributed by atoms with Crippen LogP contribution >= 0.6 is 0 Å². The Bertz CT molecular complexity index is 701. The SMILES string of the molecule is CCCCC(=O)N(C)N=C[C@H]1[C@@H](Cc2ccc(C(=O)O)cc2)[C@H]2CC[C@@H]1O2. The topological polar surface area (TPSA) is 79.2 Å². The Morgan fingerprint density at radius 3 is 2.63 bits per heavy atom. The maximum atomic E-state index is 12.1. The third-order valence-electron chi connectivity index (χ3n) is 5.68. The van der Waals surface area contributed by atoms with Crippen LogP contribution in [0, 0.1) is 11.8 Å². The number of amides is 1. The van der Waals surface area contributed by atoms with E-state index in [1.807, 2.05) is 18.3 Å². The van der Waals surface area contributed by atoms with Gasteiger partial charge in [0.2, 0.25) is 5.91 Å². The van der Waals surface area contributed by atoms with Crippen molar-refractivity contribution in [2.75, 3.05) is 7.05 Å². The minimum absolute atomic E-state index is 0.0398. The van der Waals surface area contributed by atoms with Crippen molar-refractivity contribution in [2.45, 2.75) is 57.7 Å². The number of carbonyl (C=O) groups excluding carboxylic acids is 1. The molecule has 0 radical (unpaired) electrons. The predicted molar refractivity (Wildman–Crippen MR) is 103 cm³/mol. The van der Waals surface area contributed by atoms with Crippen LogP contribution in [0.1, 0.15) is 54.9 Å². The minimum atomic E-state index is -0.911. The molecule has 6 nitrogen and oxygen atoms in total. The highest BCUT2D eigenvalue weighted by molar-refractivity contribution is 5.87. The Balaban J connectivity index is 1.66. The lowest BCUT2D eigenvalue weighted by Gasteiger charge is -2.25. The number of nitrogens with zero attached hydrogens (tertiary/aromatic N) is 2. The lowest BCUT2D eigenvalue weighted by atomic mass is 9.77. The van der Waals surface area contributed by atoms with Crippen molar-refractivity contribution in [1.29, 1.82) is 0 Å². The summed E-state index contributed by atoms with van der Waals surface area (Å²) in [5.41, 5.74) is 1.40. The normalized spacial score (nSPS) is 26.6. The van der Waals surface area contributed by atoms with Crippen LogP contribution in [0.3, 0.4) is 0 Å². The van der Waals surface area contributed by atoms with Crippen LogP contribution in [0.15, 0.2) is 29.4 Å². The van der Waals surface area contributed by atoms with E-state index in [0.29, 0.717) is 17.9 Å². The lowest BCUT2D eigenvalue weighted by molar-refractivity contribution is -0.130. The first-order valence-electron chi connectivity index (χ1n) is 9.78. The van der Waals surface area contributed by atoms with E-state index < -0.39 is 5.97 Å². The number of benzene rings is 1. The quantitative estimate of drug-likeness (QED) is 0.561. The second-order valence-corrected chi connectivity index (χ2v) is 7.52.